The van der Waals surface area contributed by atoms with Crippen LogP contribution in [-0.2, 0) is 0 Å². The maximum Gasteiger partial charge on any atom is 0.153 e. The van der Waals surface area contributed by atoms with Crippen molar-refractivity contribution in [3.63, 3.8) is 0 Å². The molecule has 4 aromatic rings. The fourth-order valence-electron chi connectivity index (χ4n) is 3.04. The summed E-state index contributed by atoms with van der Waals surface area (Å²) < 4.78 is 0. The van der Waals surface area contributed by atoms with Gasteiger partial charge in [-0.1, -0.05) is 48.5 Å². The molecule has 2 heteroatoms. The molecular weight excluding hydrogens is 284 g/mol. The van der Waals surface area contributed by atoms with Crippen LogP contribution in [0.3, 0.4) is 0 Å². The SMILES string of the molecule is O=Cc1cc(-c2cccc3cc4ccccc4cc23)ccc1O. The summed E-state index contributed by atoms with van der Waals surface area (Å²) in [5.41, 5.74) is 2.28. The zero-order chi connectivity index (χ0) is 15.8. The van der Waals surface area contributed by atoms with Crippen LogP contribution in [0.15, 0.2) is 72.8 Å². The van der Waals surface area contributed by atoms with Crippen LogP contribution in [0.2, 0.25) is 0 Å². The number of benzene rings is 4. The van der Waals surface area contributed by atoms with Crippen LogP contribution in [0, 0.1) is 0 Å². The number of phenolic OH excluding ortho intramolecular Hbond substituents is 1. The van der Waals surface area contributed by atoms with Crippen LogP contribution >= 0.6 is 0 Å². The summed E-state index contributed by atoms with van der Waals surface area (Å²) in [6.45, 7) is 0. The Kier molecular flexibility index (Phi) is 3.09. The van der Waals surface area contributed by atoms with Gasteiger partial charge >= 0.3 is 0 Å². The Morgan fingerprint density at radius 2 is 1.48 bits per heavy atom. The highest BCUT2D eigenvalue weighted by Gasteiger charge is 2.08. The maximum absolute atomic E-state index is 11.1. The van der Waals surface area contributed by atoms with Crippen LogP contribution in [-0.4, -0.2) is 11.4 Å². The molecule has 0 radical (unpaired) electrons. The van der Waals surface area contributed by atoms with Gasteiger partial charge in [0.1, 0.15) is 5.75 Å². The van der Waals surface area contributed by atoms with Crippen molar-refractivity contribution < 1.29 is 9.90 Å². The summed E-state index contributed by atoms with van der Waals surface area (Å²) >= 11 is 0. The zero-order valence-corrected chi connectivity index (χ0v) is 12.4. The maximum atomic E-state index is 11.1. The summed E-state index contributed by atoms with van der Waals surface area (Å²) in [6, 6.07) is 23.9. The third kappa shape index (κ3) is 2.25. The van der Waals surface area contributed by atoms with Crippen molar-refractivity contribution in [1.29, 1.82) is 0 Å². The second-order valence-corrected chi connectivity index (χ2v) is 5.62. The van der Waals surface area contributed by atoms with Gasteiger partial charge in [-0.05, 0) is 56.9 Å². The van der Waals surface area contributed by atoms with E-state index in [0.29, 0.717) is 11.8 Å². The Hall–Kier alpha value is -3.13. The molecule has 0 amide bonds. The van der Waals surface area contributed by atoms with Crippen LogP contribution < -0.4 is 0 Å². The minimum atomic E-state index is 0.00874. The Labute approximate surface area is 133 Å². The number of phenols is 1. The molecule has 0 heterocycles. The van der Waals surface area contributed by atoms with Crippen LogP contribution in [0.4, 0.5) is 0 Å². The van der Waals surface area contributed by atoms with Gasteiger partial charge in [0.2, 0.25) is 0 Å². The van der Waals surface area contributed by atoms with E-state index in [1.165, 1.54) is 10.8 Å². The molecule has 4 aromatic carbocycles. The molecule has 4 rings (SSSR count). The molecule has 23 heavy (non-hydrogen) atoms. The molecule has 0 aliphatic rings. The lowest BCUT2D eigenvalue weighted by Gasteiger charge is -2.10. The van der Waals surface area contributed by atoms with Crippen LogP contribution in [0.5, 0.6) is 5.75 Å². The summed E-state index contributed by atoms with van der Waals surface area (Å²) in [4.78, 5) is 11.1. The summed E-state index contributed by atoms with van der Waals surface area (Å²) in [7, 11) is 0. The first-order chi connectivity index (χ1) is 11.3. The van der Waals surface area contributed by atoms with Crippen molar-refractivity contribution in [2.75, 3.05) is 0 Å². The van der Waals surface area contributed by atoms with E-state index in [2.05, 4.69) is 30.3 Å². The third-order valence-electron chi connectivity index (χ3n) is 4.21. The molecule has 110 valence electrons. The first-order valence-corrected chi connectivity index (χ1v) is 7.46. The molecule has 0 unspecified atom stereocenters. The van der Waals surface area contributed by atoms with E-state index < -0.39 is 0 Å². The van der Waals surface area contributed by atoms with E-state index in [1.54, 1.807) is 12.1 Å². The molecule has 1 N–H and O–H groups in total. The second kappa shape index (κ2) is 5.25. The predicted octanol–water partition coefficient (Wildman–Crippen LogP) is 5.18. The van der Waals surface area contributed by atoms with E-state index >= 15 is 0 Å². The minimum absolute atomic E-state index is 0.00874. The number of hydrogen-bond acceptors (Lipinski definition) is 2. The highest BCUT2D eigenvalue weighted by molar-refractivity contribution is 6.05. The lowest BCUT2D eigenvalue weighted by atomic mass is 9.95. The van der Waals surface area contributed by atoms with Crippen molar-refractivity contribution >= 4 is 27.8 Å². The molecule has 0 aliphatic heterocycles. The van der Waals surface area contributed by atoms with Gasteiger partial charge in [0.15, 0.2) is 6.29 Å². The first-order valence-electron chi connectivity index (χ1n) is 7.46. The largest absolute Gasteiger partial charge is 0.507 e. The van der Waals surface area contributed by atoms with E-state index in [1.807, 2.05) is 30.3 Å². The number of aromatic hydroxyl groups is 1. The number of carbonyl (C=O) groups is 1. The molecule has 0 atom stereocenters. The van der Waals surface area contributed by atoms with Crippen molar-refractivity contribution in [2.24, 2.45) is 0 Å². The fraction of sp³-hybridized carbons (Fsp3) is 0. The van der Waals surface area contributed by atoms with E-state index in [4.69, 9.17) is 0 Å². The molecule has 0 fully saturated rings. The zero-order valence-electron chi connectivity index (χ0n) is 12.4. The monoisotopic (exact) mass is 298 g/mol. The van der Waals surface area contributed by atoms with Gasteiger partial charge < -0.3 is 5.11 Å². The van der Waals surface area contributed by atoms with Gasteiger partial charge in [-0.25, -0.2) is 0 Å². The van der Waals surface area contributed by atoms with Crippen molar-refractivity contribution in [1.82, 2.24) is 0 Å². The van der Waals surface area contributed by atoms with Crippen molar-refractivity contribution in [3.05, 3.63) is 78.4 Å². The van der Waals surface area contributed by atoms with E-state index in [0.717, 1.165) is 21.9 Å². The Morgan fingerprint density at radius 1 is 0.739 bits per heavy atom. The molecule has 0 bridgehead atoms. The highest BCUT2D eigenvalue weighted by Crippen LogP contribution is 2.33. The van der Waals surface area contributed by atoms with E-state index in [-0.39, 0.29) is 5.75 Å². The van der Waals surface area contributed by atoms with Gasteiger partial charge in [-0.2, -0.15) is 0 Å². The minimum Gasteiger partial charge on any atom is -0.507 e. The fourth-order valence-corrected chi connectivity index (χ4v) is 3.04. The van der Waals surface area contributed by atoms with Gasteiger partial charge in [0.25, 0.3) is 0 Å². The average molecular weight is 298 g/mol. The predicted molar refractivity (Wildman–Crippen MR) is 93.9 cm³/mol. The Bertz CT molecular complexity index is 1050. The van der Waals surface area contributed by atoms with Crippen molar-refractivity contribution in [3.8, 4) is 16.9 Å². The van der Waals surface area contributed by atoms with Crippen molar-refractivity contribution in [2.45, 2.75) is 0 Å². The molecule has 0 spiro atoms. The summed E-state index contributed by atoms with van der Waals surface area (Å²) in [6.07, 6.45) is 0.680. The molecule has 0 aromatic heterocycles. The van der Waals surface area contributed by atoms with Crippen LogP contribution in [0.1, 0.15) is 10.4 Å². The lowest BCUT2D eigenvalue weighted by Crippen LogP contribution is -1.86. The highest BCUT2D eigenvalue weighted by atomic mass is 16.3. The van der Waals surface area contributed by atoms with Gasteiger partial charge in [-0.3, -0.25) is 4.79 Å². The number of hydrogen-bond donors (Lipinski definition) is 1. The van der Waals surface area contributed by atoms with E-state index in [9.17, 15) is 9.90 Å². The lowest BCUT2D eigenvalue weighted by molar-refractivity contribution is 0.112. The topological polar surface area (TPSA) is 37.3 Å². The van der Waals surface area contributed by atoms with Gasteiger partial charge in [-0.15, -0.1) is 0 Å². The third-order valence-corrected chi connectivity index (χ3v) is 4.21. The van der Waals surface area contributed by atoms with Crippen LogP contribution in [0.25, 0.3) is 32.7 Å². The molecule has 0 saturated carbocycles. The number of carbonyl (C=O) groups excluding carboxylic acids is 1. The Balaban J connectivity index is 2.03. The quantitative estimate of drug-likeness (QED) is 0.409. The summed E-state index contributed by atoms with van der Waals surface area (Å²) in [5.74, 6) is 0.00874. The number of fused-ring (bicyclic) bond motifs is 2. The molecule has 0 saturated heterocycles. The smallest absolute Gasteiger partial charge is 0.153 e. The Morgan fingerprint density at radius 3 is 2.26 bits per heavy atom. The normalized spacial score (nSPS) is 11.0. The standard InChI is InChI=1S/C21H14O2/c22-13-18-11-17(8-9-21(18)23)19-7-3-6-16-10-14-4-1-2-5-15(14)12-20(16)19/h1-13,23H. The molecular formula is C21H14O2. The first kappa shape index (κ1) is 13.5. The second-order valence-electron chi connectivity index (χ2n) is 5.62. The number of aldehydes is 1. The molecule has 0 aliphatic carbocycles. The van der Waals surface area contributed by atoms with Gasteiger partial charge in [0, 0.05) is 0 Å². The average Bonchev–Trinajstić information content (AvgIpc) is 2.60. The molecule has 2 nitrogen and oxygen atoms in total. The number of rotatable bonds is 2. The summed E-state index contributed by atoms with van der Waals surface area (Å²) in [5, 5.41) is 14.4. The van der Waals surface area contributed by atoms with Gasteiger partial charge in [0.05, 0.1) is 5.56 Å².